The minimum Gasteiger partial charge on any atom is -0.378 e. The molecule has 0 aliphatic heterocycles. The van der Waals surface area contributed by atoms with Crippen LogP contribution in [0.2, 0.25) is 0 Å². The number of nitrogens with one attached hydrogen (secondary N) is 1. The average Bonchev–Trinajstić information content (AvgIpc) is 2.96. The van der Waals surface area contributed by atoms with Gasteiger partial charge in [0.2, 0.25) is 0 Å². The van der Waals surface area contributed by atoms with Gasteiger partial charge < -0.3 is 5.32 Å². The zero-order valence-corrected chi connectivity index (χ0v) is 13.1. The number of anilines is 1. The van der Waals surface area contributed by atoms with Crippen molar-refractivity contribution < 1.29 is 0 Å². The Kier molecular flexibility index (Phi) is 3.40. The first-order chi connectivity index (χ1) is 10.1. The zero-order chi connectivity index (χ0) is 15.0. The minimum atomic E-state index is 0.655. The Morgan fingerprint density at radius 3 is 2.90 bits per heavy atom. The Balaban J connectivity index is 1.94. The summed E-state index contributed by atoms with van der Waals surface area (Å²) in [5, 5.41) is 14.8. The van der Waals surface area contributed by atoms with E-state index in [-0.39, 0.29) is 0 Å². The van der Waals surface area contributed by atoms with Crippen molar-refractivity contribution in [3.05, 3.63) is 51.8 Å². The SMILES string of the molecule is Cc1cccc(NCc2c(C)nc3scc(C)n23)c1C#N. The normalized spacial score (nSPS) is 10.8. The van der Waals surface area contributed by atoms with Crippen molar-refractivity contribution in [1.82, 2.24) is 9.38 Å². The van der Waals surface area contributed by atoms with Crippen LogP contribution in [0.3, 0.4) is 0 Å². The summed E-state index contributed by atoms with van der Waals surface area (Å²) in [6.45, 7) is 6.72. The highest BCUT2D eigenvalue weighted by Crippen LogP contribution is 2.23. The number of rotatable bonds is 3. The molecule has 2 aromatic heterocycles. The third kappa shape index (κ3) is 2.28. The molecule has 1 N–H and O–H groups in total. The topological polar surface area (TPSA) is 53.1 Å². The summed E-state index contributed by atoms with van der Waals surface area (Å²) in [7, 11) is 0. The maximum Gasteiger partial charge on any atom is 0.194 e. The van der Waals surface area contributed by atoms with E-state index in [9.17, 15) is 5.26 Å². The summed E-state index contributed by atoms with van der Waals surface area (Å²) in [4.78, 5) is 5.60. The molecule has 2 heterocycles. The monoisotopic (exact) mass is 296 g/mol. The lowest BCUT2D eigenvalue weighted by Gasteiger charge is -2.10. The van der Waals surface area contributed by atoms with Crippen molar-refractivity contribution in [3.8, 4) is 6.07 Å². The molecular formula is C16H16N4S. The van der Waals surface area contributed by atoms with E-state index < -0.39 is 0 Å². The van der Waals surface area contributed by atoms with E-state index in [0.29, 0.717) is 12.1 Å². The Morgan fingerprint density at radius 2 is 2.14 bits per heavy atom. The van der Waals surface area contributed by atoms with Crippen LogP contribution in [0.15, 0.2) is 23.6 Å². The molecule has 21 heavy (non-hydrogen) atoms. The number of benzene rings is 1. The number of aromatic nitrogens is 2. The van der Waals surface area contributed by atoms with Gasteiger partial charge in [0.1, 0.15) is 6.07 Å². The van der Waals surface area contributed by atoms with Gasteiger partial charge in [0.25, 0.3) is 0 Å². The van der Waals surface area contributed by atoms with Gasteiger partial charge in [0, 0.05) is 11.1 Å². The Morgan fingerprint density at radius 1 is 1.33 bits per heavy atom. The number of hydrogen-bond acceptors (Lipinski definition) is 4. The fourth-order valence-corrected chi connectivity index (χ4v) is 3.45. The van der Waals surface area contributed by atoms with Crippen molar-refractivity contribution in [2.75, 3.05) is 5.32 Å². The Labute approximate surface area is 127 Å². The average molecular weight is 296 g/mol. The third-order valence-electron chi connectivity index (χ3n) is 3.66. The Hall–Kier alpha value is -2.32. The van der Waals surface area contributed by atoms with E-state index in [1.54, 1.807) is 11.3 Å². The minimum absolute atomic E-state index is 0.655. The first kappa shape index (κ1) is 13.7. The van der Waals surface area contributed by atoms with Crippen molar-refractivity contribution in [1.29, 1.82) is 5.26 Å². The number of thiazole rings is 1. The van der Waals surface area contributed by atoms with Crippen LogP contribution in [-0.2, 0) is 6.54 Å². The number of nitrogens with zero attached hydrogens (tertiary/aromatic N) is 3. The van der Waals surface area contributed by atoms with Gasteiger partial charge in [-0.2, -0.15) is 5.26 Å². The molecule has 106 valence electrons. The third-order valence-corrected chi connectivity index (χ3v) is 4.60. The molecule has 1 aromatic carbocycles. The highest BCUT2D eigenvalue weighted by Gasteiger charge is 2.12. The predicted molar refractivity (Wildman–Crippen MR) is 85.8 cm³/mol. The van der Waals surface area contributed by atoms with E-state index in [4.69, 9.17) is 0 Å². The summed E-state index contributed by atoms with van der Waals surface area (Å²) in [6.07, 6.45) is 0. The molecule has 0 spiro atoms. The van der Waals surface area contributed by atoms with Gasteiger partial charge in [0.05, 0.1) is 29.2 Å². The molecule has 0 saturated carbocycles. The number of aryl methyl sites for hydroxylation is 3. The van der Waals surface area contributed by atoms with Crippen molar-refractivity contribution in [3.63, 3.8) is 0 Å². The second-order valence-corrected chi connectivity index (χ2v) is 5.94. The van der Waals surface area contributed by atoms with Gasteiger partial charge in [-0.15, -0.1) is 11.3 Å². The lowest BCUT2D eigenvalue weighted by molar-refractivity contribution is 0.965. The fourth-order valence-electron chi connectivity index (χ4n) is 2.52. The second-order valence-electron chi connectivity index (χ2n) is 5.10. The molecule has 4 nitrogen and oxygen atoms in total. The zero-order valence-electron chi connectivity index (χ0n) is 12.3. The molecule has 0 atom stereocenters. The van der Waals surface area contributed by atoms with Crippen LogP contribution in [0.4, 0.5) is 5.69 Å². The van der Waals surface area contributed by atoms with E-state index in [1.165, 1.54) is 5.69 Å². The fraction of sp³-hybridized carbons (Fsp3) is 0.250. The first-order valence-electron chi connectivity index (χ1n) is 6.77. The molecule has 3 aromatic rings. The van der Waals surface area contributed by atoms with Crippen LogP contribution >= 0.6 is 11.3 Å². The molecule has 0 radical (unpaired) electrons. The van der Waals surface area contributed by atoms with Gasteiger partial charge in [-0.05, 0) is 32.4 Å². The maximum absolute atomic E-state index is 9.29. The molecule has 0 amide bonds. The van der Waals surface area contributed by atoms with E-state index in [1.807, 2.05) is 32.0 Å². The van der Waals surface area contributed by atoms with Crippen LogP contribution in [-0.4, -0.2) is 9.38 Å². The maximum atomic E-state index is 9.29. The molecule has 5 heteroatoms. The lowest BCUT2D eigenvalue weighted by Crippen LogP contribution is -2.06. The van der Waals surface area contributed by atoms with Crippen molar-refractivity contribution >= 4 is 22.0 Å². The van der Waals surface area contributed by atoms with Gasteiger partial charge in [0.15, 0.2) is 4.96 Å². The number of nitriles is 1. The molecule has 0 saturated heterocycles. The van der Waals surface area contributed by atoms with Crippen LogP contribution in [0, 0.1) is 32.1 Å². The molecular weight excluding hydrogens is 280 g/mol. The van der Waals surface area contributed by atoms with Crippen LogP contribution in [0.5, 0.6) is 0 Å². The van der Waals surface area contributed by atoms with Crippen LogP contribution < -0.4 is 5.32 Å². The summed E-state index contributed by atoms with van der Waals surface area (Å²) in [6, 6.07) is 8.13. The molecule has 0 fully saturated rings. The summed E-state index contributed by atoms with van der Waals surface area (Å²) < 4.78 is 2.18. The Bertz CT molecular complexity index is 851. The van der Waals surface area contributed by atoms with Gasteiger partial charge >= 0.3 is 0 Å². The van der Waals surface area contributed by atoms with E-state index in [2.05, 4.69) is 33.1 Å². The first-order valence-corrected chi connectivity index (χ1v) is 7.65. The smallest absolute Gasteiger partial charge is 0.194 e. The standard InChI is InChI=1S/C16H16N4S/c1-10-5-4-6-14(13(10)7-17)18-8-15-12(3)19-16-20(15)11(2)9-21-16/h4-6,9,18H,8H2,1-3H3. The van der Waals surface area contributed by atoms with Gasteiger partial charge in [-0.3, -0.25) is 4.40 Å². The summed E-state index contributed by atoms with van der Waals surface area (Å²) in [5.41, 5.74) is 5.94. The quantitative estimate of drug-likeness (QED) is 0.799. The number of imidazole rings is 1. The predicted octanol–water partition coefficient (Wildman–Crippen LogP) is 3.80. The summed E-state index contributed by atoms with van der Waals surface area (Å²) >= 11 is 1.65. The van der Waals surface area contributed by atoms with Gasteiger partial charge in [-0.25, -0.2) is 4.98 Å². The number of hydrogen-bond donors (Lipinski definition) is 1. The van der Waals surface area contributed by atoms with Crippen molar-refractivity contribution in [2.45, 2.75) is 27.3 Å². The summed E-state index contributed by atoms with van der Waals surface area (Å²) in [5.74, 6) is 0. The van der Waals surface area contributed by atoms with Gasteiger partial charge in [-0.1, -0.05) is 12.1 Å². The largest absolute Gasteiger partial charge is 0.378 e. The second kappa shape index (κ2) is 5.23. The molecule has 3 rings (SSSR count). The highest BCUT2D eigenvalue weighted by atomic mass is 32.1. The molecule has 0 aliphatic carbocycles. The highest BCUT2D eigenvalue weighted by molar-refractivity contribution is 7.15. The van der Waals surface area contributed by atoms with Crippen molar-refractivity contribution in [2.24, 2.45) is 0 Å². The molecule has 0 bridgehead atoms. The van der Waals surface area contributed by atoms with E-state index >= 15 is 0 Å². The molecule has 0 aliphatic rings. The molecule has 0 unspecified atom stereocenters. The van der Waals surface area contributed by atoms with Crippen LogP contribution in [0.25, 0.3) is 4.96 Å². The lowest BCUT2D eigenvalue weighted by atomic mass is 10.1. The van der Waals surface area contributed by atoms with E-state index in [0.717, 1.165) is 27.6 Å². The number of fused-ring (bicyclic) bond motifs is 1. The van der Waals surface area contributed by atoms with Crippen LogP contribution in [0.1, 0.15) is 28.2 Å².